The van der Waals surface area contributed by atoms with Crippen molar-refractivity contribution >= 4 is 12.0 Å². The first-order valence-electron chi connectivity index (χ1n) is 6.34. The fraction of sp³-hybridized carbons (Fsp3) is 0.250. The van der Waals surface area contributed by atoms with Crippen LogP contribution in [0, 0.1) is 11.3 Å². The molecule has 3 nitrogen and oxygen atoms in total. The van der Waals surface area contributed by atoms with E-state index in [9.17, 15) is 10.1 Å². The molecule has 1 amide bonds. The van der Waals surface area contributed by atoms with Gasteiger partial charge in [-0.1, -0.05) is 37.3 Å². The van der Waals surface area contributed by atoms with Crippen LogP contribution >= 0.6 is 0 Å². The Morgan fingerprint density at radius 2 is 2.21 bits per heavy atom. The quantitative estimate of drug-likeness (QED) is 0.759. The topological polar surface area (TPSA) is 44.1 Å². The zero-order valence-electron chi connectivity index (χ0n) is 11.1. The second kappa shape index (κ2) is 5.11. The average molecular weight is 252 g/mol. The van der Waals surface area contributed by atoms with Crippen molar-refractivity contribution in [2.45, 2.75) is 25.8 Å². The molecule has 19 heavy (non-hydrogen) atoms. The Bertz CT molecular complexity index is 595. The van der Waals surface area contributed by atoms with Gasteiger partial charge in [0.1, 0.15) is 0 Å². The maximum Gasteiger partial charge on any atom is 0.251 e. The lowest BCUT2D eigenvalue weighted by Gasteiger charge is -2.39. The molecule has 0 saturated heterocycles. The van der Waals surface area contributed by atoms with E-state index < -0.39 is 5.54 Å². The number of nitriles is 1. The minimum Gasteiger partial charge on any atom is -0.292 e. The van der Waals surface area contributed by atoms with Gasteiger partial charge in [-0.2, -0.15) is 5.26 Å². The van der Waals surface area contributed by atoms with E-state index >= 15 is 0 Å². The van der Waals surface area contributed by atoms with Gasteiger partial charge in [0.15, 0.2) is 5.54 Å². The zero-order chi connectivity index (χ0) is 13.9. The van der Waals surface area contributed by atoms with Gasteiger partial charge in [0.05, 0.1) is 6.07 Å². The smallest absolute Gasteiger partial charge is 0.251 e. The molecule has 0 spiro atoms. The molecule has 0 N–H and O–H groups in total. The molecular formula is C16H16N2O. The van der Waals surface area contributed by atoms with Crippen molar-refractivity contribution in [3.05, 3.63) is 53.7 Å². The Kier molecular flexibility index (Phi) is 3.52. The summed E-state index contributed by atoms with van der Waals surface area (Å²) < 4.78 is 0. The third-order valence-corrected chi connectivity index (χ3v) is 3.46. The molecule has 3 heteroatoms. The number of rotatable bonds is 2. The average Bonchev–Trinajstić information content (AvgIpc) is 2.46. The molecule has 0 radical (unpaired) electrons. The van der Waals surface area contributed by atoms with Crippen LogP contribution in [0.5, 0.6) is 0 Å². The number of carbonyl (C=O) groups excluding carboxylic acids is 1. The molecule has 1 unspecified atom stereocenters. The van der Waals surface area contributed by atoms with Crippen LogP contribution in [0.2, 0.25) is 0 Å². The third kappa shape index (κ3) is 1.96. The number of nitrogens with zero attached hydrogens (tertiary/aromatic N) is 2. The maximum atomic E-state index is 12.2. The van der Waals surface area contributed by atoms with Crippen LogP contribution in [-0.2, 0) is 10.3 Å². The van der Waals surface area contributed by atoms with Gasteiger partial charge >= 0.3 is 0 Å². The molecule has 1 aliphatic rings. The Labute approximate surface area is 113 Å². The standard InChI is InChI=1S/C16H16N2O/c1-3-7-15(19)18-11-10-13-8-5-6-9-14(13)16(18,4-2)12-17/h3,5-11H,4H2,1-2H3/b7-3+. The van der Waals surface area contributed by atoms with E-state index in [1.165, 1.54) is 11.0 Å². The molecule has 1 heterocycles. The van der Waals surface area contributed by atoms with Gasteiger partial charge in [-0.05, 0) is 36.6 Å². The molecule has 0 aliphatic carbocycles. The van der Waals surface area contributed by atoms with E-state index in [1.807, 2.05) is 37.3 Å². The minimum absolute atomic E-state index is 0.170. The van der Waals surface area contributed by atoms with Crippen LogP contribution in [0.25, 0.3) is 6.08 Å². The molecule has 0 bridgehead atoms. The molecule has 0 saturated carbocycles. The number of hydrogen-bond acceptors (Lipinski definition) is 2. The SMILES string of the molecule is C/C=C/C(=O)N1C=Cc2ccccc2C1(C#N)CC. The molecule has 1 aromatic carbocycles. The lowest BCUT2D eigenvalue weighted by Crippen LogP contribution is -2.46. The fourth-order valence-electron chi connectivity index (χ4n) is 2.47. The van der Waals surface area contributed by atoms with Gasteiger partial charge in [-0.25, -0.2) is 0 Å². The van der Waals surface area contributed by atoms with Gasteiger partial charge in [0, 0.05) is 6.20 Å². The first-order chi connectivity index (χ1) is 9.19. The second-order valence-corrected chi connectivity index (χ2v) is 4.44. The molecule has 2 rings (SSSR count). The highest BCUT2D eigenvalue weighted by Crippen LogP contribution is 2.38. The van der Waals surface area contributed by atoms with Crippen molar-refractivity contribution in [3.63, 3.8) is 0 Å². The van der Waals surface area contributed by atoms with E-state index in [4.69, 9.17) is 0 Å². The molecule has 1 aliphatic heterocycles. The first kappa shape index (κ1) is 13.1. The van der Waals surface area contributed by atoms with Crippen molar-refractivity contribution in [2.24, 2.45) is 0 Å². The van der Waals surface area contributed by atoms with Gasteiger partial charge < -0.3 is 0 Å². The second-order valence-electron chi connectivity index (χ2n) is 4.44. The van der Waals surface area contributed by atoms with Crippen LogP contribution in [0.15, 0.2) is 42.6 Å². The highest BCUT2D eigenvalue weighted by Gasteiger charge is 2.41. The van der Waals surface area contributed by atoms with Gasteiger partial charge in [-0.3, -0.25) is 9.69 Å². The summed E-state index contributed by atoms with van der Waals surface area (Å²) in [5.41, 5.74) is 0.970. The van der Waals surface area contributed by atoms with Crippen molar-refractivity contribution in [2.75, 3.05) is 0 Å². The van der Waals surface area contributed by atoms with Gasteiger partial charge in [0.25, 0.3) is 5.91 Å². The predicted octanol–water partition coefficient (Wildman–Crippen LogP) is 3.20. The van der Waals surface area contributed by atoms with E-state index in [2.05, 4.69) is 6.07 Å². The summed E-state index contributed by atoms with van der Waals surface area (Å²) in [5, 5.41) is 9.67. The lowest BCUT2D eigenvalue weighted by molar-refractivity contribution is -0.127. The zero-order valence-corrected chi connectivity index (χ0v) is 11.1. The number of hydrogen-bond donors (Lipinski definition) is 0. The van der Waals surface area contributed by atoms with Gasteiger partial charge in [0.2, 0.25) is 0 Å². The Balaban J connectivity index is 2.61. The summed E-state index contributed by atoms with van der Waals surface area (Å²) >= 11 is 0. The molecular weight excluding hydrogens is 236 g/mol. The molecule has 0 fully saturated rings. The summed E-state index contributed by atoms with van der Waals surface area (Å²) in [7, 11) is 0. The van der Waals surface area contributed by atoms with E-state index in [1.54, 1.807) is 19.2 Å². The number of fused-ring (bicyclic) bond motifs is 1. The molecule has 1 atom stereocenters. The molecule has 1 aromatic rings. The van der Waals surface area contributed by atoms with Crippen molar-refractivity contribution in [3.8, 4) is 6.07 Å². The summed E-state index contributed by atoms with van der Waals surface area (Å²) in [6.07, 6.45) is 7.31. The Morgan fingerprint density at radius 3 is 2.84 bits per heavy atom. The highest BCUT2D eigenvalue weighted by molar-refractivity contribution is 5.91. The number of carbonyl (C=O) groups is 1. The molecule has 0 aromatic heterocycles. The Morgan fingerprint density at radius 1 is 1.47 bits per heavy atom. The van der Waals surface area contributed by atoms with Crippen LogP contribution in [0.1, 0.15) is 31.4 Å². The number of benzene rings is 1. The molecule has 96 valence electrons. The van der Waals surface area contributed by atoms with E-state index in [0.717, 1.165) is 11.1 Å². The summed E-state index contributed by atoms with van der Waals surface area (Å²) in [4.78, 5) is 13.7. The van der Waals surface area contributed by atoms with Crippen molar-refractivity contribution in [1.29, 1.82) is 5.26 Å². The largest absolute Gasteiger partial charge is 0.292 e. The van der Waals surface area contributed by atoms with E-state index in [-0.39, 0.29) is 5.91 Å². The van der Waals surface area contributed by atoms with Crippen molar-refractivity contribution < 1.29 is 4.79 Å². The van der Waals surface area contributed by atoms with Crippen LogP contribution in [0.4, 0.5) is 0 Å². The minimum atomic E-state index is -0.915. The highest BCUT2D eigenvalue weighted by atomic mass is 16.2. The summed E-state index contributed by atoms with van der Waals surface area (Å²) in [5.74, 6) is -0.170. The number of allylic oxidation sites excluding steroid dienone is 1. The maximum absolute atomic E-state index is 12.2. The van der Waals surface area contributed by atoms with Gasteiger partial charge in [-0.15, -0.1) is 0 Å². The third-order valence-electron chi connectivity index (χ3n) is 3.46. The Hall–Kier alpha value is -2.34. The van der Waals surface area contributed by atoms with Crippen molar-refractivity contribution in [1.82, 2.24) is 4.90 Å². The van der Waals surface area contributed by atoms with E-state index in [0.29, 0.717) is 6.42 Å². The first-order valence-corrected chi connectivity index (χ1v) is 6.34. The number of amides is 1. The summed E-state index contributed by atoms with van der Waals surface area (Å²) in [6.45, 7) is 3.72. The lowest BCUT2D eigenvalue weighted by atomic mass is 9.81. The van der Waals surface area contributed by atoms with Crippen LogP contribution in [-0.4, -0.2) is 10.8 Å². The fourth-order valence-corrected chi connectivity index (χ4v) is 2.47. The predicted molar refractivity (Wildman–Crippen MR) is 74.7 cm³/mol. The monoisotopic (exact) mass is 252 g/mol. The van der Waals surface area contributed by atoms with Crippen LogP contribution in [0.3, 0.4) is 0 Å². The summed E-state index contributed by atoms with van der Waals surface area (Å²) in [6, 6.07) is 10.0. The van der Waals surface area contributed by atoms with Crippen LogP contribution < -0.4 is 0 Å². The normalized spacial score (nSPS) is 21.2.